The van der Waals surface area contributed by atoms with Crippen LogP contribution in [0.3, 0.4) is 0 Å². The summed E-state index contributed by atoms with van der Waals surface area (Å²) in [7, 11) is 1.60. The van der Waals surface area contributed by atoms with Crippen LogP contribution in [-0.4, -0.2) is 13.2 Å². The molecule has 0 amide bonds. The molecule has 0 heterocycles. The van der Waals surface area contributed by atoms with Gasteiger partial charge in [-0.3, -0.25) is 0 Å². The predicted molar refractivity (Wildman–Crippen MR) is 81.6 cm³/mol. The summed E-state index contributed by atoms with van der Waals surface area (Å²) in [6.45, 7) is 1.86. The molecule has 0 radical (unpaired) electrons. The molecule has 2 N–H and O–H groups in total. The van der Waals surface area contributed by atoms with E-state index in [1.165, 1.54) is 23.9 Å². The molecule has 0 aliphatic heterocycles. The van der Waals surface area contributed by atoms with Crippen molar-refractivity contribution in [1.29, 1.82) is 0 Å². The maximum Gasteiger partial charge on any atom is 0.139 e. The lowest BCUT2D eigenvalue weighted by molar-refractivity contribution is 0.414. The van der Waals surface area contributed by atoms with Crippen LogP contribution in [0, 0.1) is 11.6 Å². The van der Waals surface area contributed by atoms with Gasteiger partial charge >= 0.3 is 0 Å². The highest BCUT2D eigenvalue weighted by Crippen LogP contribution is 2.38. The van der Waals surface area contributed by atoms with Crippen molar-refractivity contribution in [1.82, 2.24) is 0 Å². The van der Waals surface area contributed by atoms with Gasteiger partial charge in [0.1, 0.15) is 17.4 Å². The van der Waals surface area contributed by atoms with Gasteiger partial charge in [-0.2, -0.15) is 0 Å². The van der Waals surface area contributed by atoms with Crippen LogP contribution in [-0.2, 0) is 0 Å². The lowest BCUT2D eigenvalue weighted by atomic mass is 10.1. The fraction of sp³-hybridized carbons (Fsp3) is 0.250. The predicted octanol–water partition coefficient (Wildman–Crippen LogP) is 4.15. The average Bonchev–Trinajstić information content (AvgIpc) is 2.46. The van der Waals surface area contributed by atoms with Gasteiger partial charge in [-0.1, -0.05) is 12.1 Å². The first-order valence-electron chi connectivity index (χ1n) is 6.52. The van der Waals surface area contributed by atoms with Gasteiger partial charge in [0, 0.05) is 22.3 Å². The van der Waals surface area contributed by atoms with Crippen LogP contribution in [0.25, 0.3) is 0 Å². The molecule has 2 unspecified atom stereocenters. The largest absolute Gasteiger partial charge is 0.497 e. The van der Waals surface area contributed by atoms with Gasteiger partial charge in [0.15, 0.2) is 0 Å². The Balaban J connectivity index is 2.26. The summed E-state index contributed by atoms with van der Waals surface area (Å²) in [6, 6.07) is 10.9. The van der Waals surface area contributed by atoms with E-state index < -0.39 is 11.6 Å². The Hall–Kier alpha value is -1.59. The summed E-state index contributed by atoms with van der Waals surface area (Å²) in [5.41, 5.74) is 6.99. The number of nitrogens with two attached hydrogens (primary N) is 1. The van der Waals surface area contributed by atoms with E-state index in [2.05, 4.69) is 0 Å². The number of methoxy groups -OCH3 is 1. The number of benzene rings is 2. The van der Waals surface area contributed by atoms with Crippen LogP contribution in [0.15, 0.2) is 47.4 Å². The molecule has 0 aliphatic rings. The third kappa shape index (κ3) is 3.95. The molecule has 0 saturated carbocycles. The first kappa shape index (κ1) is 15.8. The number of thioether (sulfide) groups is 1. The molecule has 2 nitrogen and oxygen atoms in total. The lowest BCUT2D eigenvalue weighted by Crippen LogP contribution is -2.22. The molecule has 5 heteroatoms. The van der Waals surface area contributed by atoms with E-state index in [9.17, 15) is 8.78 Å². The van der Waals surface area contributed by atoms with Crippen molar-refractivity contribution >= 4 is 11.8 Å². The number of rotatable bonds is 5. The van der Waals surface area contributed by atoms with E-state index in [0.717, 1.165) is 17.4 Å². The van der Waals surface area contributed by atoms with Crippen LogP contribution in [0.1, 0.15) is 17.7 Å². The molecule has 0 bridgehead atoms. The molecule has 112 valence electrons. The lowest BCUT2D eigenvalue weighted by Gasteiger charge is -2.21. The van der Waals surface area contributed by atoms with Crippen LogP contribution >= 0.6 is 11.8 Å². The SMILES string of the molecule is COc1ccc(C(Sc2ccc(F)cc2F)C(C)N)cc1. The molecular formula is C16H17F2NOS. The van der Waals surface area contributed by atoms with Crippen molar-refractivity contribution in [3.05, 3.63) is 59.7 Å². The summed E-state index contributed by atoms with van der Waals surface area (Å²) >= 11 is 1.29. The third-order valence-electron chi connectivity index (χ3n) is 3.07. The number of halogens is 2. The Morgan fingerprint density at radius 1 is 1.10 bits per heavy atom. The Bertz CT molecular complexity index is 602. The number of hydrogen-bond acceptors (Lipinski definition) is 3. The smallest absolute Gasteiger partial charge is 0.139 e. The fourth-order valence-corrected chi connectivity index (χ4v) is 3.08. The Morgan fingerprint density at radius 2 is 1.76 bits per heavy atom. The zero-order valence-electron chi connectivity index (χ0n) is 11.8. The van der Waals surface area contributed by atoms with Gasteiger partial charge in [-0.05, 0) is 36.8 Å². The second-order valence-electron chi connectivity index (χ2n) is 4.75. The van der Waals surface area contributed by atoms with Gasteiger partial charge < -0.3 is 10.5 Å². The van der Waals surface area contributed by atoms with Gasteiger partial charge in [-0.25, -0.2) is 8.78 Å². The summed E-state index contributed by atoms with van der Waals surface area (Å²) in [5, 5.41) is -0.129. The minimum absolute atomic E-state index is 0.129. The topological polar surface area (TPSA) is 35.2 Å². The van der Waals surface area contributed by atoms with Crippen LogP contribution < -0.4 is 10.5 Å². The highest BCUT2D eigenvalue weighted by atomic mass is 32.2. The van der Waals surface area contributed by atoms with Crippen LogP contribution in [0.4, 0.5) is 8.78 Å². The minimum Gasteiger partial charge on any atom is -0.497 e. The normalized spacial score (nSPS) is 13.8. The van der Waals surface area contributed by atoms with E-state index in [1.807, 2.05) is 31.2 Å². The van der Waals surface area contributed by atoms with Gasteiger partial charge in [-0.15, -0.1) is 11.8 Å². The molecule has 0 aliphatic carbocycles. The highest BCUT2D eigenvalue weighted by molar-refractivity contribution is 7.99. The van der Waals surface area contributed by atoms with Crippen LogP contribution in [0.2, 0.25) is 0 Å². The highest BCUT2D eigenvalue weighted by Gasteiger charge is 2.19. The van der Waals surface area contributed by atoms with Crippen molar-refractivity contribution in [3.8, 4) is 5.75 Å². The van der Waals surface area contributed by atoms with E-state index in [4.69, 9.17) is 10.5 Å². The monoisotopic (exact) mass is 309 g/mol. The number of ether oxygens (including phenoxy) is 1. The second-order valence-corrected chi connectivity index (χ2v) is 5.93. The van der Waals surface area contributed by atoms with E-state index in [-0.39, 0.29) is 11.3 Å². The molecule has 21 heavy (non-hydrogen) atoms. The molecule has 0 spiro atoms. The molecule has 2 rings (SSSR count). The van der Waals surface area contributed by atoms with E-state index in [1.54, 1.807) is 7.11 Å². The quantitative estimate of drug-likeness (QED) is 0.843. The number of hydrogen-bond donors (Lipinski definition) is 1. The second kappa shape index (κ2) is 6.91. The van der Waals surface area contributed by atoms with Crippen molar-refractivity contribution < 1.29 is 13.5 Å². The van der Waals surface area contributed by atoms with Gasteiger partial charge in [0.25, 0.3) is 0 Å². The van der Waals surface area contributed by atoms with Crippen molar-refractivity contribution in [2.75, 3.05) is 7.11 Å². The Kier molecular flexibility index (Phi) is 5.20. The minimum atomic E-state index is -0.585. The van der Waals surface area contributed by atoms with E-state index >= 15 is 0 Å². The molecule has 2 atom stereocenters. The maximum absolute atomic E-state index is 13.8. The van der Waals surface area contributed by atoms with Crippen molar-refractivity contribution in [3.63, 3.8) is 0 Å². The van der Waals surface area contributed by atoms with Gasteiger partial charge in [0.05, 0.1) is 7.11 Å². The maximum atomic E-state index is 13.8. The zero-order chi connectivity index (χ0) is 15.4. The Labute approximate surface area is 127 Å². The Morgan fingerprint density at radius 3 is 2.29 bits per heavy atom. The molecule has 2 aromatic rings. The third-order valence-corrected chi connectivity index (χ3v) is 4.61. The summed E-state index contributed by atoms with van der Waals surface area (Å²) in [4.78, 5) is 0.384. The molecule has 0 fully saturated rings. The van der Waals surface area contributed by atoms with Crippen molar-refractivity contribution in [2.45, 2.75) is 23.1 Å². The van der Waals surface area contributed by atoms with Crippen LogP contribution in [0.5, 0.6) is 5.75 Å². The molecule has 2 aromatic carbocycles. The summed E-state index contributed by atoms with van der Waals surface area (Å²) < 4.78 is 31.9. The molecular weight excluding hydrogens is 292 g/mol. The molecule has 0 aromatic heterocycles. The zero-order valence-corrected chi connectivity index (χ0v) is 12.7. The molecule has 0 saturated heterocycles. The summed E-state index contributed by atoms with van der Waals surface area (Å²) in [6.07, 6.45) is 0. The fourth-order valence-electron chi connectivity index (χ4n) is 1.98. The average molecular weight is 309 g/mol. The van der Waals surface area contributed by atoms with Gasteiger partial charge in [0.2, 0.25) is 0 Å². The van der Waals surface area contributed by atoms with E-state index in [0.29, 0.717) is 4.90 Å². The summed E-state index contributed by atoms with van der Waals surface area (Å²) in [5.74, 6) is -0.405. The standard InChI is InChI=1S/C16H17F2NOS/c1-10(19)16(11-3-6-13(20-2)7-4-11)21-15-8-5-12(17)9-14(15)18/h3-10,16H,19H2,1-2H3. The first-order valence-corrected chi connectivity index (χ1v) is 7.40. The van der Waals surface area contributed by atoms with Crippen molar-refractivity contribution in [2.24, 2.45) is 5.73 Å². The first-order chi connectivity index (χ1) is 10.0.